The molecular weight excluding hydrogens is 484 g/mol. The number of nitrogens with zero attached hydrogens (tertiary/aromatic N) is 1. The van der Waals surface area contributed by atoms with Crippen molar-refractivity contribution in [2.45, 2.75) is 0 Å². The van der Waals surface area contributed by atoms with E-state index in [1.165, 1.54) is 7.11 Å². The van der Waals surface area contributed by atoms with Gasteiger partial charge in [0, 0.05) is 25.6 Å². The fourth-order valence-electron chi connectivity index (χ4n) is 2.99. The summed E-state index contributed by atoms with van der Waals surface area (Å²) in [4.78, 5) is 8.26. The van der Waals surface area contributed by atoms with E-state index >= 15 is 0 Å². The van der Waals surface area contributed by atoms with Gasteiger partial charge < -0.3 is 14.8 Å². The first-order valence-corrected chi connectivity index (χ1v) is 10.1. The summed E-state index contributed by atoms with van der Waals surface area (Å²) in [6.07, 6.45) is 0. The Morgan fingerprint density at radius 3 is 1.96 bits per heavy atom. The lowest BCUT2D eigenvalue weighted by Gasteiger charge is -2.04. The number of nitrogens with one attached hydrogen (secondary N) is 1. The first-order valence-electron chi connectivity index (χ1n) is 8.54. The second-order valence-electron chi connectivity index (χ2n) is 6.21. The molecule has 0 unspecified atom stereocenters. The van der Waals surface area contributed by atoms with Crippen molar-refractivity contribution in [3.05, 3.63) is 75.7 Å². The van der Waals surface area contributed by atoms with Crippen LogP contribution in [0, 0.1) is 0 Å². The number of methoxy groups -OCH3 is 1. The van der Waals surface area contributed by atoms with Crippen LogP contribution in [0.4, 0.5) is 0 Å². The number of aromatic hydroxyl groups is 1. The van der Waals surface area contributed by atoms with Gasteiger partial charge in [0.15, 0.2) is 11.5 Å². The maximum atomic E-state index is 10.1. The van der Waals surface area contributed by atoms with Crippen molar-refractivity contribution in [2.24, 2.45) is 0 Å². The molecule has 0 bridgehead atoms. The fraction of sp³-hybridized carbons (Fsp3) is 0.0455. The monoisotopic (exact) mass is 498 g/mol. The Kier molecular flexibility index (Phi) is 5.24. The maximum absolute atomic E-state index is 10.1. The summed E-state index contributed by atoms with van der Waals surface area (Å²) < 4.78 is 7.16. The van der Waals surface area contributed by atoms with Crippen molar-refractivity contribution >= 4 is 31.9 Å². The SMILES string of the molecule is COc1ccc(-c2nc(-c3ccc(Br)cc3)c(-c3ccc(Br)cc3)[nH]2)cc1O. The molecule has 0 saturated heterocycles. The van der Waals surface area contributed by atoms with Gasteiger partial charge in [-0.05, 0) is 42.5 Å². The number of benzene rings is 3. The topological polar surface area (TPSA) is 58.1 Å². The van der Waals surface area contributed by atoms with Gasteiger partial charge in [-0.3, -0.25) is 0 Å². The van der Waals surface area contributed by atoms with Crippen LogP contribution in [0.1, 0.15) is 0 Å². The van der Waals surface area contributed by atoms with E-state index in [0.717, 1.165) is 37.0 Å². The highest BCUT2D eigenvalue weighted by Gasteiger charge is 2.16. The molecule has 3 aromatic carbocycles. The lowest BCUT2D eigenvalue weighted by Crippen LogP contribution is -1.86. The van der Waals surface area contributed by atoms with Gasteiger partial charge in [0.1, 0.15) is 5.82 Å². The Bertz CT molecular complexity index is 1060. The Balaban J connectivity index is 1.87. The van der Waals surface area contributed by atoms with Crippen LogP contribution in [0.5, 0.6) is 11.5 Å². The highest BCUT2D eigenvalue weighted by molar-refractivity contribution is 9.10. The second kappa shape index (κ2) is 7.81. The number of rotatable bonds is 4. The molecule has 4 rings (SSSR count). The number of hydrogen-bond acceptors (Lipinski definition) is 3. The van der Waals surface area contributed by atoms with Gasteiger partial charge in [0.05, 0.1) is 18.5 Å². The number of aromatic nitrogens is 2. The van der Waals surface area contributed by atoms with Crippen molar-refractivity contribution in [1.82, 2.24) is 9.97 Å². The molecule has 1 heterocycles. The quantitative estimate of drug-likeness (QED) is 0.330. The van der Waals surface area contributed by atoms with E-state index in [2.05, 4.69) is 36.8 Å². The van der Waals surface area contributed by atoms with Crippen LogP contribution >= 0.6 is 31.9 Å². The van der Waals surface area contributed by atoms with Crippen LogP contribution in [-0.2, 0) is 0 Å². The second-order valence-corrected chi connectivity index (χ2v) is 8.04. The summed E-state index contributed by atoms with van der Waals surface area (Å²) >= 11 is 6.96. The standard InChI is InChI=1S/C22H16Br2N2O2/c1-28-19-11-6-15(12-18(19)27)22-25-20(13-2-7-16(23)8-3-13)21(26-22)14-4-9-17(24)10-5-14/h2-12,27H,1H3,(H,25,26). The molecule has 1 aromatic heterocycles. The number of phenols is 1. The number of hydrogen-bond donors (Lipinski definition) is 2. The molecule has 0 saturated carbocycles. The number of halogens is 2. The highest BCUT2D eigenvalue weighted by atomic mass is 79.9. The zero-order valence-corrected chi connectivity index (χ0v) is 18.1. The molecule has 4 nitrogen and oxygen atoms in total. The van der Waals surface area contributed by atoms with Crippen molar-refractivity contribution < 1.29 is 9.84 Å². The summed E-state index contributed by atoms with van der Waals surface area (Å²) in [7, 11) is 1.53. The van der Waals surface area contributed by atoms with Gasteiger partial charge in [0.2, 0.25) is 0 Å². The largest absolute Gasteiger partial charge is 0.504 e. The molecule has 0 fully saturated rings. The Morgan fingerprint density at radius 2 is 1.39 bits per heavy atom. The van der Waals surface area contributed by atoms with Crippen molar-refractivity contribution in [3.63, 3.8) is 0 Å². The van der Waals surface area contributed by atoms with Crippen LogP contribution in [0.15, 0.2) is 75.7 Å². The zero-order chi connectivity index (χ0) is 19.7. The molecule has 28 heavy (non-hydrogen) atoms. The van der Waals surface area contributed by atoms with Crippen molar-refractivity contribution in [3.8, 4) is 45.4 Å². The van der Waals surface area contributed by atoms with Crippen LogP contribution in [-0.4, -0.2) is 22.2 Å². The molecule has 140 valence electrons. The molecule has 0 radical (unpaired) electrons. The van der Waals surface area contributed by atoms with Gasteiger partial charge in [-0.15, -0.1) is 0 Å². The summed E-state index contributed by atoms with van der Waals surface area (Å²) in [6.45, 7) is 0. The number of H-pyrrole nitrogens is 1. The smallest absolute Gasteiger partial charge is 0.160 e. The number of ether oxygens (including phenoxy) is 1. The summed E-state index contributed by atoms with van der Waals surface area (Å²) in [6, 6.07) is 21.4. The summed E-state index contributed by atoms with van der Waals surface area (Å²) in [5.41, 5.74) is 4.57. The molecule has 0 aliphatic heterocycles. The highest BCUT2D eigenvalue weighted by Crippen LogP contribution is 2.36. The van der Waals surface area contributed by atoms with E-state index in [0.29, 0.717) is 11.6 Å². The van der Waals surface area contributed by atoms with Crippen LogP contribution < -0.4 is 4.74 Å². The predicted molar refractivity (Wildman–Crippen MR) is 119 cm³/mol. The summed E-state index contributed by atoms with van der Waals surface area (Å²) in [5, 5.41) is 10.1. The van der Waals surface area contributed by atoms with Crippen molar-refractivity contribution in [1.29, 1.82) is 0 Å². The third-order valence-corrected chi connectivity index (χ3v) is 5.46. The van der Waals surface area contributed by atoms with Gasteiger partial charge in [-0.25, -0.2) is 4.98 Å². The van der Waals surface area contributed by atoms with E-state index in [4.69, 9.17) is 9.72 Å². The molecular formula is C22H16Br2N2O2. The van der Waals surface area contributed by atoms with Crippen molar-refractivity contribution in [2.75, 3.05) is 7.11 Å². The lowest BCUT2D eigenvalue weighted by molar-refractivity contribution is 0.373. The predicted octanol–water partition coefficient (Wildman–Crippen LogP) is 6.65. The minimum Gasteiger partial charge on any atom is -0.504 e. The van der Waals surface area contributed by atoms with E-state index in [-0.39, 0.29) is 5.75 Å². The molecule has 0 atom stereocenters. The average Bonchev–Trinajstić information content (AvgIpc) is 3.14. The molecule has 2 N–H and O–H groups in total. The molecule has 0 aliphatic rings. The van der Waals surface area contributed by atoms with E-state index in [9.17, 15) is 5.11 Å². The minimum atomic E-state index is 0.0757. The Morgan fingerprint density at radius 1 is 0.821 bits per heavy atom. The zero-order valence-electron chi connectivity index (χ0n) is 14.9. The van der Waals surface area contributed by atoms with Gasteiger partial charge in [-0.2, -0.15) is 0 Å². The first-order chi connectivity index (χ1) is 13.5. The molecule has 0 spiro atoms. The van der Waals surface area contributed by atoms with Crippen LogP contribution in [0.25, 0.3) is 33.9 Å². The minimum absolute atomic E-state index is 0.0757. The lowest BCUT2D eigenvalue weighted by atomic mass is 10.1. The Hall–Kier alpha value is -2.57. The normalized spacial score (nSPS) is 10.8. The van der Waals surface area contributed by atoms with Gasteiger partial charge in [-0.1, -0.05) is 56.1 Å². The van der Waals surface area contributed by atoms with Crippen LogP contribution in [0.3, 0.4) is 0 Å². The third-order valence-electron chi connectivity index (χ3n) is 4.41. The van der Waals surface area contributed by atoms with Crippen LogP contribution in [0.2, 0.25) is 0 Å². The summed E-state index contributed by atoms with van der Waals surface area (Å²) in [5.74, 6) is 1.18. The molecule has 0 amide bonds. The number of imidazole rings is 1. The number of aromatic amines is 1. The molecule has 0 aliphatic carbocycles. The number of phenolic OH excluding ortho intramolecular Hbond substituents is 1. The van der Waals surface area contributed by atoms with E-state index in [1.807, 2.05) is 54.6 Å². The third kappa shape index (κ3) is 3.70. The van der Waals surface area contributed by atoms with E-state index in [1.54, 1.807) is 12.1 Å². The molecule has 6 heteroatoms. The Labute approximate surface area is 179 Å². The van der Waals surface area contributed by atoms with E-state index < -0.39 is 0 Å². The molecule has 4 aromatic rings. The maximum Gasteiger partial charge on any atom is 0.160 e. The first kappa shape index (κ1) is 18.8. The average molecular weight is 500 g/mol. The van der Waals surface area contributed by atoms with Gasteiger partial charge in [0.25, 0.3) is 0 Å². The van der Waals surface area contributed by atoms with Gasteiger partial charge >= 0.3 is 0 Å². The fourth-order valence-corrected chi connectivity index (χ4v) is 3.52.